The van der Waals surface area contributed by atoms with Gasteiger partial charge in [-0.15, -0.1) is 0 Å². The van der Waals surface area contributed by atoms with E-state index in [1.807, 2.05) is 0 Å². The first-order chi connectivity index (χ1) is 8.27. The molecule has 0 bridgehead atoms. The van der Waals surface area contributed by atoms with E-state index in [-0.39, 0.29) is 5.75 Å². The highest BCUT2D eigenvalue weighted by Crippen LogP contribution is 2.19. The zero-order valence-corrected chi connectivity index (χ0v) is 9.79. The second-order valence-electron chi connectivity index (χ2n) is 4.30. The topological polar surface area (TPSA) is 12.5 Å². The van der Waals surface area contributed by atoms with Crippen molar-refractivity contribution < 1.29 is 13.5 Å². The first-order valence-electron chi connectivity index (χ1n) is 6.06. The van der Waals surface area contributed by atoms with Crippen LogP contribution in [0, 0.1) is 11.6 Å². The summed E-state index contributed by atoms with van der Waals surface area (Å²) in [6.45, 7) is 3.33. The summed E-state index contributed by atoms with van der Waals surface area (Å²) in [7, 11) is 0. The third-order valence-electron chi connectivity index (χ3n) is 3.03. The predicted molar refractivity (Wildman–Crippen MR) is 62.1 cm³/mol. The summed E-state index contributed by atoms with van der Waals surface area (Å²) in [6.07, 6.45) is 3.72. The molecule has 1 aliphatic rings. The van der Waals surface area contributed by atoms with Crippen molar-refractivity contribution in [3.05, 3.63) is 29.8 Å². The van der Waals surface area contributed by atoms with Crippen LogP contribution >= 0.6 is 0 Å². The Hall–Kier alpha value is -1.16. The molecule has 4 heteroatoms. The van der Waals surface area contributed by atoms with Gasteiger partial charge in [-0.25, -0.2) is 4.39 Å². The summed E-state index contributed by atoms with van der Waals surface area (Å²) in [4.78, 5) is 2.29. The van der Waals surface area contributed by atoms with E-state index < -0.39 is 11.6 Å². The van der Waals surface area contributed by atoms with Gasteiger partial charge in [0.15, 0.2) is 11.6 Å². The van der Waals surface area contributed by atoms with Crippen LogP contribution in [-0.2, 0) is 0 Å². The highest BCUT2D eigenvalue weighted by atomic mass is 19.2. The molecular weight excluding hydrogens is 224 g/mol. The van der Waals surface area contributed by atoms with Gasteiger partial charge in [-0.05, 0) is 38.1 Å². The molecule has 1 aliphatic heterocycles. The molecule has 0 aromatic heterocycles. The first kappa shape index (κ1) is 12.3. The molecule has 0 radical (unpaired) electrons. The molecule has 1 saturated heterocycles. The van der Waals surface area contributed by atoms with Crippen LogP contribution in [-0.4, -0.2) is 31.1 Å². The van der Waals surface area contributed by atoms with Gasteiger partial charge in [0.2, 0.25) is 5.82 Å². The third kappa shape index (κ3) is 3.40. The van der Waals surface area contributed by atoms with Gasteiger partial charge >= 0.3 is 0 Å². The lowest BCUT2D eigenvalue weighted by Gasteiger charge is -2.26. The number of nitrogens with zero attached hydrogens (tertiary/aromatic N) is 1. The molecule has 0 spiro atoms. The number of rotatable bonds is 4. The van der Waals surface area contributed by atoms with Gasteiger partial charge < -0.3 is 4.74 Å². The summed E-state index contributed by atoms with van der Waals surface area (Å²) in [5.74, 6) is -1.76. The van der Waals surface area contributed by atoms with Crippen LogP contribution in [0.3, 0.4) is 0 Å². The smallest absolute Gasteiger partial charge is 0.200 e. The molecular formula is C13H17F2NO. The molecule has 0 unspecified atom stereocenters. The minimum Gasteiger partial charge on any atom is -0.489 e. The lowest BCUT2D eigenvalue weighted by atomic mass is 10.1. The largest absolute Gasteiger partial charge is 0.489 e. The maximum atomic E-state index is 13.3. The Morgan fingerprint density at radius 1 is 1.12 bits per heavy atom. The second-order valence-corrected chi connectivity index (χ2v) is 4.30. The van der Waals surface area contributed by atoms with E-state index in [4.69, 9.17) is 4.74 Å². The number of ether oxygens (including phenoxy) is 1. The summed E-state index contributed by atoms with van der Waals surface area (Å²) < 4.78 is 31.4. The van der Waals surface area contributed by atoms with Crippen LogP contribution in [0.4, 0.5) is 8.78 Å². The number of hydrogen-bond donors (Lipinski definition) is 0. The molecule has 1 fully saturated rings. The fourth-order valence-electron chi connectivity index (χ4n) is 2.06. The van der Waals surface area contributed by atoms with E-state index in [2.05, 4.69) is 4.90 Å². The van der Waals surface area contributed by atoms with Gasteiger partial charge in [-0.1, -0.05) is 12.5 Å². The molecule has 1 aromatic carbocycles. The maximum absolute atomic E-state index is 13.3. The average molecular weight is 241 g/mol. The quantitative estimate of drug-likeness (QED) is 0.803. The van der Waals surface area contributed by atoms with E-state index in [9.17, 15) is 8.78 Å². The SMILES string of the molecule is Fc1cccc(OCCN2CCCCC2)c1F. The third-order valence-corrected chi connectivity index (χ3v) is 3.03. The average Bonchev–Trinajstić information content (AvgIpc) is 2.36. The number of halogens is 2. The molecule has 2 rings (SSSR count). The lowest BCUT2D eigenvalue weighted by molar-refractivity contribution is 0.179. The minimum absolute atomic E-state index is 0.00186. The van der Waals surface area contributed by atoms with Gasteiger partial charge in [0, 0.05) is 6.54 Å². The van der Waals surface area contributed by atoms with E-state index in [1.54, 1.807) is 0 Å². The molecule has 0 N–H and O–H groups in total. The van der Waals surface area contributed by atoms with Crippen molar-refractivity contribution in [2.45, 2.75) is 19.3 Å². The van der Waals surface area contributed by atoms with Gasteiger partial charge in [0.1, 0.15) is 6.61 Å². The van der Waals surface area contributed by atoms with E-state index in [1.165, 1.54) is 31.4 Å². The van der Waals surface area contributed by atoms with E-state index >= 15 is 0 Å². The second kappa shape index (κ2) is 5.96. The van der Waals surface area contributed by atoms with Crippen LogP contribution in [0.2, 0.25) is 0 Å². The van der Waals surface area contributed by atoms with Gasteiger partial charge in [-0.2, -0.15) is 4.39 Å². The molecule has 94 valence electrons. The molecule has 0 atom stereocenters. The number of piperidine rings is 1. The fraction of sp³-hybridized carbons (Fsp3) is 0.538. The standard InChI is InChI=1S/C13H17F2NO/c14-11-5-4-6-12(13(11)15)17-10-9-16-7-2-1-3-8-16/h4-6H,1-3,7-10H2. The van der Waals surface area contributed by atoms with Crippen molar-refractivity contribution in [1.82, 2.24) is 4.90 Å². The Bertz CT molecular complexity index is 364. The zero-order chi connectivity index (χ0) is 12.1. The van der Waals surface area contributed by atoms with Crippen LogP contribution in [0.25, 0.3) is 0 Å². The first-order valence-corrected chi connectivity index (χ1v) is 6.06. The van der Waals surface area contributed by atoms with Crippen molar-refractivity contribution in [2.24, 2.45) is 0 Å². The Morgan fingerprint density at radius 2 is 1.88 bits per heavy atom. The van der Waals surface area contributed by atoms with Crippen LogP contribution in [0.15, 0.2) is 18.2 Å². The molecule has 2 nitrogen and oxygen atoms in total. The van der Waals surface area contributed by atoms with Crippen molar-refractivity contribution in [3.63, 3.8) is 0 Å². The summed E-state index contributed by atoms with van der Waals surface area (Å²) in [5, 5.41) is 0. The Kier molecular flexibility index (Phi) is 4.31. The molecule has 0 aliphatic carbocycles. The molecule has 1 heterocycles. The molecule has 0 saturated carbocycles. The lowest BCUT2D eigenvalue weighted by Crippen LogP contribution is -2.33. The molecule has 1 aromatic rings. The Morgan fingerprint density at radius 3 is 2.65 bits per heavy atom. The number of likely N-dealkylation sites (tertiary alicyclic amines) is 1. The zero-order valence-electron chi connectivity index (χ0n) is 9.79. The van der Waals surface area contributed by atoms with Crippen molar-refractivity contribution >= 4 is 0 Å². The van der Waals surface area contributed by atoms with Crippen molar-refractivity contribution in [3.8, 4) is 5.75 Å². The number of benzene rings is 1. The molecule has 17 heavy (non-hydrogen) atoms. The van der Waals surface area contributed by atoms with Crippen molar-refractivity contribution in [1.29, 1.82) is 0 Å². The molecule has 0 amide bonds. The maximum Gasteiger partial charge on any atom is 0.200 e. The summed E-state index contributed by atoms with van der Waals surface area (Å²) in [6, 6.07) is 4.00. The van der Waals surface area contributed by atoms with E-state index in [0.29, 0.717) is 6.61 Å². The minimum atomic E-state index is -0.897. The predicted octanol–water partition coefficient (Wildman–Crippen LogP) is 2.83. The Labute approximate surface area is 100 Å². The van der Waals surface area contributed by atoms with Crippen LogP contribution in [0.1, 0.15) is 19.3 Å². The van der Waals surface area contributed by atoms with Crippen LogP contribution in [0.5, 0.6) is 5.75 Å². The highest BCUT2D eigenvalue weighted by molar-refractivity contribution is 5.24. The van der Waals surface area contributed by atoms with E-state index in [0.717, 1.165) is 25.7 Å². The van der Waals surface area contributed by atoms with Gasteiger partial charge in [0.05, 0.1) is 0 Å². The Balaban J connectivity index is 1.79. The fourth-order valence-corrected chi connectivity index (χ4v) is 2.06. The summed E-state index contributed by atoms with van der Waals surface area (Å²) >= 11 is 0. The van der Waals surface area contributed by atoms with Gasteiger partial charge in [0.25, 0.3) is 0 Å². The normalized spacial score (nSPS) is 17.1. The summed E-state index contributed by atoms with van der Waals surface area (Å²) in [5.41, 5.74) is 0. The monoisotopic (exact) mass is 241 g/mol. The van der Waals surface area contributed by atoms with Crippen molar-refractivity contribution in [2.75, 3.05) is 26.2 Å². The van der Waals surface area contributed by atoms with Crippen LogP contribution < -0.4 is 4.74 Å². The highest BCUT2D eigenvalue weighted by Gasteiger charge is 2.11. The number of hydrogen-bond acceptors (Lipinski definition) is 2. The van der Waals surface area contributed by atoms with Gasteiger partial charge in [-0.3, -0.25) is 4.90 Å².